The Morgan fingerprint density at radius 3 is 2.71 bits per heavy atom. The van der Waals surface area contributed by atoms with Gasteiger partial charge < -0.3 is 5.11 Å². The second-order valence-corrected chi connectivity index (χ2v) is 8.97. The van der Waals surface area contributed by atoms with Crippen molar-refractivity contribution in [3.8, 4) is 0 Å². The van der Waals surface area contributed by atoms with E-state index in [0.717, 1.165) is 25.2 Å². The number of carbonyl (C=O) groups excluding carboxylic acids is 1. The Morgan fingerprint density at radius 1 is 1.10 bits per heavy atom. The highest BCUT2D eigenvalue weighted by molar-refractivity contribution is 5.87. The summed E-state index contributed by atoms with van der Waals surface area (Å²) in [7, 11) is 0. The highest BCUT2D eigenvalue weighted by Gasteiger charge is 2.62. The monoisotopic (exact) mass is 290 g/mol. The molecule has 0 heterocycles. The number of rotatable bonds is 0. The highest BCUT2D eigenvalue weighted by Crippen LogP contribution is 2.65. The molecule has 4 aliphatic carbocycles. The maximum atomic E-state index is 12.4. The van der Waals surface area contributed by atoms with E-state index in [1.54, 1.807) is 0 Å². The largest absolute Gasteiger partial charge is 0.393 e. The molecule has 1 N–H and O–H groups in total. The first kappa shape index (κ1) is 14.2. The molecule has 0 bridgehead atoms. The molecule has 0 aromatic heterocycles. The molecule has 0 amide bonds. The van der Waals surface area contributed by atoms with E-state index in [-0.39, 0.29) is 11.5 Å². The van der Waals surface area contributed by atoms with Crippen LogP contribution in [0.1, 0.15) is 71.6 Å². The lowest BCUT2D eigenvalue weighted by molar-refractivity contribution is -0.168. The summed E-state index contributed by atoms with van der Waals surface area (Å²) in [6.07, 6.45) is 10.3. The predicted octanol–water partition coefficient (Wildman–Crippen LogP) is 3.96. The summed E-state index contributed by atoms with van der Waals surface area (Å²) < 4.78 is 0. The number of hydrogen-bond acceptors (Lipinski definition) is 2. The summed E-state index contributed by atoms with van der Waals surface area (Å²) >= 11 is 0. The van der Waals surface area contributed by atoms with Gasteiger partial charge in [0.15, 0.2) is 0 Å². The first-order valence-electron chi connectivity index (χ1n) is 9.18. The molecule has 0 spiro atoms. The zero-order valence-electron chi connectivity index (χ0n) is 13.6. The minimum atomic E-state index is -0.246. The average Bonchev–Trinajstić information content (AvgIpc) is 2.73. The zero-order valence-corrected chi connectivity index (χ0v) is 13.6. The van der Waals surface area contributed by atoms with Crippen LogP contribution in [0.25, 0.3) is 0 Å². The summed E-state index contributed by atoms with van der Waals surface area (Å²) in [5.41, 5.74) is 0.131. The molecule has 0 aromatic rings. The fraction of sp³-hybridized carbons (Fsp3) is 0.947. The Morgan fingerprint density at radius 2 is 1.90 bits per heavy atom. The number of Topliss-reactive ketones (excluding diaryl/α,β-unsaturated/α-hetero) is 1. The molecule has 2 heteroatoms. The molecule has 7 atom stereocenters. The molecule has 2 nitrogen and oxygen atoms in total. The van der Waals surface area contributed by atoms with Crippen LogP contribution in [0.2, 0.25) is 0 Å². The predicted molar refractivity (Wildman–Crippen MR) is 82.7 cm³/mol. The average molecular weight is 290 g/mol. The Balaban J connectivity index is 1.71. The zero-order chi connectivity index (χ0) is 14.8. The van der Waals surface area contributed by atoms with E-state index in [1.165, 1.54) is 38.5 Å². The minimum Gasteiger partial charge on any atom is -0.393 e. The van der Waals surface area contributed by atoms with Gasteiger partial charge in [-0.25, -0.2) is 0 Å². The molecule has 21 heavy (non-hydrogen) atoms. The van der Waals surface area contributed by atoms with Gasteiger partial charge in [-0.3, -0.25) is 4.79 Å². The van der Waals surface area contributed by atoms with Gasteiger partial charge in [-0.15, -0.1) is 0 Å². The number of hydrogen-bond donors (Lipinski definition) is 1. The third-order valence-electron chi connectivity index (χ3n) is 8.22. The quantitative estimate of drug-likeness (QED) is 0.733. The second kappa shape index (κ2) is 4.57. The summed E-state index contributed by atoms with van der Waals surface area (Å²) in [6.45, 7) is 4.62. The van der Waals surface area contributed by atoms with Crippen molar-refractivity contribution in [3.05, 3.63) is 0 Å². The van der Waals surface area contributed by atoms with Crippen LogP contribution in [-0.4, -0.2) is 17.0 Å². The molecular formula is C19H30O2. The smallest absolute Gasteiger partial charge is 0.139 e. The summed E-state index contributed by atoms with van der Waals surface area (Å²) in [6, 6.07) is 0. The molecule has 0 radical (unpaired) electrons. The van der Waals surface area contributed by atoms with E-state index in [1.807, 2.05) is 0 Å². The molecule has 118 valence electrons. The van der Waals surface area contributed by atoms with Crippen molar-refractivity contribution < 1.29 is 9.90 Å². The number of aliphatic hydroxyl groups is 1. The first-order valence-corrected chi connectivity index (χ1v) is 9.18. The number of aliphatic hydroxyl groups excluding tert-OH is 1. The van der Waals surface area contributed by atoms with Crippen LogP contribution in [0, 0.1) is 34.5 Å². The van der Waals surface area contributed by atoms with Crippen molar-refractivity contribution in [1.29, 1.82) is 0 Å². The van der Waals surface area contributed by atoms with Crippen molar-refractivity contribution >= 4 is 5.78 Å². The van der Waals surface area contributed by atoms with Crippen LogP contribution < -0.4 is 0 Å². The summed E-state index contributed by atoms with van der Waals surface area (Å²) in [5, 5.41) is 11.0. The van der Waals surface area contributed by atoms with Gasteiger partial charge in [0.25, 0.3) is 0 Å². The third-order valence-corrected chi connectivity index (χ3v) is 8.22. The van der Waals surface area contributed by atoms with E-state index in [0.29, 0.717) is 29.0 Å². The Kier molecular flexibility index (Phi) is 3.10. The van der Waals surface area contributed by atoms with Gasteiger partial charge in [0.2, 0.25) is 0 Å². The Labute approximate surface area is 128 Å². The van der Waals surface area contributed by atoms with E-state index in [4.69, 9.17) is 0 Å². The molecule has 0 unspecified atom stereocenters. The highest BCUT2D eigenvalue weighted by atomic mass is 16.3. The lowest BCUT2D eigenvalue weighted by atomic mass is 9.44. The van der Waals surface area contributed by atoms with Crippen LogP contribution in [0.5, 0.6) is 0 Å². The topological polar surface area (TPSA) is 37.3 Å². The van der Waals surface area contributed by atoms with E-state index < -0.39 is 0 Å². The molecule has 4 saturated carbocycles. The standard InChI is InChI=1S/C19H30O2/c1-18-10-4-3-5-12(18)6-7-13-14-8-9-16(21)19(14,2)11-15(20)17(13)18/h12-15,17,20H,3-11H2,1-2H3/t12-,13+,14+,15-,17+,18-,19+/m0/s1. The Bertz CT molecular complexity index is 458. The van der Waals surface area contributed by atoms with Crippen molar-refractivity contribution in [1.82, 2.24) is 0 Å². The lowest BCUT2D eigenvalue weighted by Crippen LogP contribution is -2.58. The van der Waals surface area contributed by atoms with Crippen molar-refractivity contribution in [2.45, 2.75) is 77.7 Å². The van der Waals surface area contributed by atoms with Crippen molar-refractivity contribution in [3.63, 3.8) is 0 Å². The molecule has 0 saturated heterocycles. The maximum Gasteiger partial charge on any atom is 0.139 e. The fourth-order valence-corrected chi connectivity index (χ4v) is 7.19. The first-order chi connectivity index (χ1) is 9.97. The van der Waals surface area contributed by atoms with Crippen LogP contribution in [0.4, 0.5) is 0 Å². The lowest BCUT2D eigenvalue weighted by Gasteiger charge is -2.61. The van der Waals surface area contributed by atoms with Gasteiger partial charge >= 0.3 is 0 Å². The molecule has 0 aromatic carbocycles. The minimum absolute atomic E-state index is 0.210. The van der Waals surface area contributed by atoms with Crippen LogP contribution >= 0.6 is 0 Å². The number of carbonyl (C=O) groups is 1. The summed E-state index contributed by atoms with van der Waals surface area (Å²) in [4.78, 5) is 12.4. The van der Waals surface area contributed by atoms with Gasteiger partial charge in [-0.1, -0.05) is 26.7 Å². The van der Waals surface area contributed by atoms with Crippen LogP contribution in [-0.2, 0) is 4.79 Å². The molecule has 4 aliphatic rings. The molecule has 0 aliphatic heterocycles. The number of fused-ring (bicyclic) bond motifs is 5. The SMILES string of the molecule is C[C@]12CCCC[C@H]1CC[C@H]1[C@@H]2[C@@H](O)C[C@@]2(C)C(=O)CC[C@H]12. The van der Waals surface area contributed by atoms with Gasteiger partial charge in [0.1, 0.15) is 5.78 Å². The van der Waals surface area contributed by atoms with Crippen LogP contribution in [0.3, 0.4) is 0 Å². The third kappa shape index (κ3) is 1.77. The van der Waals surface area contributed by atoms with E-state index in [2.05, 4.69) is 13.8 Å². The van der Waals surface area contributed by atoms with Crippen molar-refractivity contribution in [2.24, 2.45) is 34.5 Å². The van der Waals surface area contributed by atoms with Crippen LogP contribution in [0.15, 0.2) is 0 Å². The van der Waals surface area contributed by atoms with Gasteiger partial charge in [-0.05, 0) is 67.6 Å². The van der Waals surface area contributed by atoms with Gasteiger partial charge in [0.05, 0.1) is 6.10 Å². The maximum absolute atomic E-state index is 12.4. The Hall–Kier alpha value is -0.370. The molecule has 4 rings (SSSR count). The number of ketones is 1. The molecular weight excluding hydrogens is 260 g/mol. The molecule has 4 fully saturated rings. The van der Waals surface area contributed by atoms with Gasteiger partial charge in [0, 0.05) is 11.8 Å². The summed E-state index contributed by atoms with van der Waals surface area (Å²) in [5.74, 6) is 2.87. The van der Waals surface area contributed by atoms with Gasteiger partial charge in [-0.2, -0.15) is 0 Å². The fourth-order valence-electron chi connectivity index (χ4n) is 7.19. The van der Waals surface area contributed by atoms with Crippen molar-refractivity contribution in [2.75, 3.05) is 0 Å². The van der Waals surface area contributed by atoms with E-state index in [9.17, 15) is 9.90 Å². The normalized spacial score (nSPS) is 56.5. The second-order valence-electron chi connectivity index (χ2n) is 8.97. The van der Waals surface area contributed by atoms with E-state index >= 15 is 0 Å².